The van der Waals surface area contributed by atoms with Gasteiger partial charge >= 0.3 is 5.97 Å². The number of nitrogens with one attached hydrogen (secondary N) is 1. The number of benzene rings is 3. The maximum absolute atomic E-state index is 11.5. The maximum atomic E-state index is 11.5. The molecule has 6 nitrogen and oxygen atoms in total. The van der Waals surface area contributed by atoms with Crippen LogP contribution in [0.4, 0.5) is 5.69 Å². The molecule has 0 aliphatic carbocycles. The van der Waals surface area contributed by atoms with Crippen LogP contribution in [-0.4, -0.2) is 33.0 Å². The minimum atomic E-state index is -0.900. The molecule has 0 amide bonds. The van der Waals surface area contributed by atoms with Gasteiger partial charge in [-0.15, -0.1) is 0 Å². The number of carboxylic acids is 1. The Balaban J connectivity index is 1.51. The fraction of sp³-hybridized carbons (Fsp3) is 0.174. The topological polar surface area (TPSA) is 82.1 Å². The molecule has 4 aromatic rings. The van der Waals surface area contributed by atoms with E-state index in [-0.39, 0.29) is 5.92 Å². The van der Waals surface area contributed by atoms with E-state index < -0.39 is 5.97 Å². The summed E-state index contributed by atoms with van der Waals surface area (Å²) in [5.41, 5.74) is 6.63. The van der Waals surface area contributed by atoms with Gasteiger partial charge in [0.05, 0.1) is 5.56 Å². The van der Waals surface area contributed by atoms with Crippen molar-refractivity contribution < 1.29 is 9.90 Å². The predicted octanol–water partition coefficient (Wildman–Crippen LogP) is 4.00. The van der Waals surface area contributed by atoms with Gasteiger partial charge in [0.1, 0.15) is 11.0 Å². The highest BCUT2D eigenvalue weighted by atomic mass is 16.4. The lowest BCUT2D eigenvalue weighted by Gasteiger charge is -2.20. The molecule has 0 saturated heterocycles. The van der Waals surface area contributed by atoms with E-state index in [0.29, 0.717) is 5.56 Å². The fourth-order valence-corrected chi connectivity index (χ4v) is 4.24. The van der Waals surface area contributed by atoms with E-state index >= 15 is 0 Å². The summed E-state index contributed by atoms with van der Waals surface area (Å²) >= 11 is 0. The zero-order valence-corrected chi connectivity index (χ0v) is 15.7. The Morgan fingerprint density at radius 3 is 2.76 bits per heavy atom. The SMILES string of the molecule is O=C(O)c1ccc2c(c1)N(Cc1ccccc1)CC2Cc1cccc2n[nH]nc12. The fourth-order valence-electron chi connectivity index (χ4n) is 4.24. The van der Waals surface area contributed by atoms with Crippen LogP contribution >= 0.6 is 0 Å². The van der Waals surface area contributed by atoms with Crippen molar-refractivity contribution in [1.29, 1.82) is 0 Å². The maximum Gasteiger partial charge on any atom is 0.335 e. The number of anilines is 1. The number of aromatic carboxylic acids is 1. The molecule has 1 aromatic heterocycles. The third-order valence-electron chi connectivity index (χ3n) is 5.61. The van der Waals surface area contributed by atoms with Crippen molar-refractivity contribution in [3.8, 4) is 0 Å². The number of para-hydroxylation sites is 1. The smallest absolute Gasteiger partial charge is 0.335 e. The van der Waals surface area contributed by atoms with Crippen molar-refractivity contribution in [3.05, 3.63) is 89.0 Å². The number of hydrogen-bond donors (Lipinski definition) is 2. The second-order valence-electron chi connectivity index (χ2n) is 7.45. The Morgan fingerprint density at radius 2 is 1.93 bits per heavy atom. The van der Waals surface area contributed by atoms with Gasteiger partial charge in [-0.25, -0.2) is 4.79 Å². The third kappa shape index (κ3) is 3.23. The largest absolute Gasteiger partial charge is 0.478 e. The van der Waals surface area contributed by atoms with Crippen LogP contribution in [0.25, 0.3) is 11.0 Å². The lowest BCUT2D eigenvalue weighted by atomic mass is 9.92. The summed E-state index contributed by atoms with van der Waals surface area (Å²) in [6.45, 7) is 1.59. The van der Waals surface area contributed by atoms with E-state index in [2.05, 4.69) is 38.5 Å². The zero-order valence-electron chi connectivity index (χ0n) is 15.7. The second-order valence-corrected chi connectivity index (χ2v) is 7.45. The number of carboxylic acid groups (broad SMARTS) is 1. The Morgan fingerprint density at radius 1 is 1.07 bits per heavy atom. The molecule has 0 fully saturated rings. The van der Waals surface area contributed by atoms with Crippen molar-refractivity contribution >= 4 is 22.7 Å². The third-order valence-corrected chi connectivity index (χ3v) is 5.61. The molecule has 144 valence electrons. The highest BCUT2D eigenvalue weighted by Crippen LogP contribution is 2.40. The van der Waals surface area contributed by atoms with Gasteiger partial charge in [-0.2, -0.15) is 15.4 Å². The summed E-state index contributed by atoms with van der Waals surface area (Å²) in [6.07, 6.45) is 0.828. The highest BCUT2D eigenvalue weighted by Gasteiger charge is 2.30. The van der Waals surface area contributed by atoms with Crippen LogP contribution < -0.4 is 4.90 Å². The number of nitrogens with zero attached hydrogens (tertiary/aromatic N) is 3. The zero-order chi connectivity index (χ0) is 19.8. The minimum Gasteiger partial charge on any atom is -0.478 e. The van der Waals surface area contributed by atoms with E-state index in [1.807, 2.05) is 36.4 Å². The average molecular weight is 384 g/mol. The standard InChI is InChI=1S/C23H20N4O2/c28-23(29)17-9-10-19-18(11-16-7-4-8-20-22(16)25-26-24-20)14-27(21(19)12-17)13-15-5-2-1-3-6-15/h1-10,12,18H,11,13-14H2,(H,28,29)(H,24,25,26). The number of H-pyrrole nitrogens is 1. The average Bonchev–Trinajstić information content (AvgIpc) is 3.34. The van der Waals surface area contributed by atoms with Gasteiger partial charge in [-0.1, -0.05) is 48.5 Å². The quantitative estimate of drug-likeness (QED) is 0.543. The molecule has 2 N–H and O–H groups in total. The molecule has 1 unspecified atom stereocenters. The molecule has 0 saturated carbocycles. The Labute approximate surface area is 167 Å². The Hall–Kier alpha value is -3.67. The summed E-state index contributed by atoms with van der Waals surface area (Å²) in [5, 5.41) is 20.7. The van der Waals surface area contributed by atoms with Crippen molar-refractivity contribution in [3.63, 3.8) is 0 Å². The minimum absolute atomic E-state index is 0.263. The van der Waals surface area contributed by atoms with E-state index in [9.17, 15) is 9.90 Å². The Kier molecular flexibility index (Phi) is 4.24. The normalized spacial score (nSPS) is 15.6. The van der Waals surface area contributed by atoms with Crippen LogP contribution in [0.1, 0.15) is 33.0 Å². The van der Waals surface area contributed by atoms with Crippen LogP contribution in [-0.2, 0) is 13.0 Å². The lowest BCUT2D eigenvalue weighted by Crippen LogP contribution is -2.22. The molecule has 29 heavy (non-hydrogen) atoms. The summed E-state index contributed by atoms with van der Waals surface area (Å²) in [6, 6.07) is 21.8. The molecule has 0 radical (unpaired) electrons. The number of carbonyl (C=O) groups is 1. The van der Waals surface area contributed by atoms with Gasteiger partial charge in [0.2, 0.25) is 0 Å². The van der Waals surface area contributed by atoms with Crippen molar-refractivity contribution in [2.75, 3.05) is 11.4 Å². The first kappa shape index (κ1) is 17.4. The second kappa shape index (κ2) is 7.05. The molecule has 2 heterocycles. The van der Waals surface area contributed by atoms with Crippen molar-refractivity contribution in [2.45, 2.75) is 18.9 Å². The molecular formula is C23H20N4O2. The summed E-state index contributed by atoms with van der Waals surface area (Å²) in [5.74, 6) is -0.637. The summed E-state index contributed by atoms with van der Waals surface area (Å²) in [7, 11) is 0. The van der Waals surface area contributed by atoms with Gasteiger partial charge in [0.15, 0.2) is 0 Å². The van der Waals surface area contributed by atoms with Crippen LogP contribution in [0.3, 0.4) is 0 Å². The van der Waals surface area contributed by atoms with E-state index in [0.717, 1.165) is 41.8 Å². The molecule has 1 aliphatic heterocycles. The van der Waals surface area contributed by atoms with E-state index in [1.165, 1.54) is 11.1 Å². The molecule has 0 bridgehead atoms. The van der Waals surface area contributed by atoms with Gasteiger partial charge in [-0.05, 0) is 41.3 Å². The van der Waals surface area contributed by atoms with E-state index in [1.54, 1.807) is 12.1 Å². The first-order chi connectivity index (χ1) is 14.2. The van der Waals surface area contributed by atoms with E-state index in [4.69, 9.17) is 0 Å². The number of aromatic amines is 1. The van der Waals surface area contributed by atoms with Gasteiger partial charge < -0.3 is 10.0 Å². The first-order valence-corrected chi connectivity index (χ1v) is 9.63. The Bertz CT molecular complexity index is 1190. The number of hydrogen-bond acceptors (Lipinski definition) is 4. The number of fused-ring (bicyclic) bond motifs is 2. The molecule has 1 aliphatic rings. The van der Waals surface area contributed by atoms with Crippen LogP contribution in [0.5, 0.6) is 0 Å². The van der Waals surface area contributed by atoms with Crippen molar-refractivity contribution in [2.24, 2.45) is 0 Å². The predicted molar refractivity (Wildman–Crippen MR) is 111 cm³/mol. The van der Waals surface area contributed by atoms with Gasteiger partial charge in [0.25, 0.3) is 0 Å². The van der Waals surface area contributed by atoms with Crippen LogP contribution in [0, 0.1) is 0 Å². The summed E-state index contributed by atoms with van der Waals surface area (Å²) in [4.78, 5) is 13.8. The number of aromatic nitrogens is 3. The number of rotatable bonds is 5. The lowest BCUT2D eigenvalue weighted by molar-refractivity contribution is 0.0697. The monoisotopic (exact) mass is 384 g/mol. The molecule has 0 spiro atoms. The molecule has 5 rings (SSSR count). The van der Waals surface area contributed by atoms with Crippen molar-refractivity contribution in [1.82, 2.24) is 15.4 Å². The van der Waals surface area contributed by atoms with Crippen LogP contribution in [0.15, 0.2) is 66.7 Å². The summed E-state index contributed by atoms with van der Waals surface area (Å²) < 4.78 is 0. The molecule has 3 aromatic carbocycles. The van der Waals surface area contributed by atoms with Gasteiger partial charge in [0, 0.05) is 24.7 Å². The molecule has 1 atom stereocenters. The molecular weight excluding hydrogens is 364 g/mol. The van der Waals surface area contributed by atoms with Crippen LogP contribution in [0.2, 0.25) is 0 Å². The first-order valence-electron chi connectivity index (χ1n) is 9.63. The highest BCUT2D eigenvalue weighted by molar-refractivity contribution is 5.89. The van der Waals surface area contributed by atoms with Gasteiger partial charge in [-0.3, -0.25) is 0 Å². The molecule has 6 heteroatoms.